The van der Waals surface area contributed by atoms with E-state index in [1.54, 1.807) is 0 Å². The number of amides is 1. The minimum absolute atomic E-state index is 0.0624. The fourth-order valence-electron chi connectivity index (χ4n) is 1.35. The fraction of sp³-hybridized carbons (Fsp3) is 0.462. The molecule has 0 unspecified atom stereocenters. The summed E-state index contributed by atoms with van der Waals surface area (Å²) in [4.78, 5) is 11.8. The third-order valence-electron chi connectivity index (χ3n) is 2.24. The van der Waals surface area contributed by atoms with Crippen molar-refractivity contribution in [2.24, 2.45) is 5.92 Å². The number of hydrogen-bond donors (Lipinski definition) is 1. The Labute approximate surface area is 122 Å². The van der Waals surface area contributed by atoms with Crippen molar-refractivity contribution in [3.63, 3.8) is 0 Å². The Balaban J connectivity index is 2.48. The molecular formula is C13H16Cl2FNO2. The quantitative estimate of drug-likeness (QED) is 0.645. The topological polar surface area (TPSA) is 38.3 Å². The molecule has 0 saturated heterocycles. The average Bonchev–Trinajstić information content (AvgIpc) is 2.32. The van der Waals surface area contributed by atoms with Gasteiger partial charge in [0, 0.05) is 13.2 Å². The summed E-state index contributed by atoms with van der Waals surface area (Å²) >= 11 is 11.4. The maximum Gasteiger partial charge on any atom is 0.252 e. The summed E-state index contributed by atoms with van der Waals surface area (Å²) in [5.41, 5.74) is 0.0624. The highest BCUT2D eigenvalue weighted by Gasteiger charge is 2.13. The first-order valence-corrected chi connectivity index (χ1v) is 6.68. The van der Waals surface area contributed by atoms with Crippen molar-refractivity contribution in [2.45, 2.75) is 13.8 Å². The Morgan fingerprint density at radius 2 is 2.05 bits per heavy atom. The van der Waals surface area contributed by atoms with Gasteiger partial charge in [-0.2, -0.15) is 0 Å². The smallest absolute Gasteiger partial charge is 0.252 e. The van der Waals surface area contributed by atoms with Gasteiger partial charge in [-0.25, -0.2) is 4.39 Å². The van der Waals surface area contributed by atoms with E-state index in [0.717, 1.165) is 6.07 Å². The molecular weight excluding hydrogens is 292 g/mol. The lowest BCUT2D eigenvalue weighted by Gasteiger charge is -2.09. The summed E-state index contributed by atoms with van der Waals surface area (Å²) in [6.45, 7) is 5.44. The molecule has 1 aromatic rings. The van der Waals surface area contributed by atoms with Crippen molar-refractivity contribution in [3.8, 4) is 0 Å². The predicted octanol–water partition coefficient (Wildman–Crippen LogP) is 3.53. The van der Waals surface area contributed by atoms with Gasteiger partial charge in [-0.3, -0.25) is 4.79 Å². The van der Waals surface area contributed by atoms with E-state index < -0.39 is 11.7 Å². The normalized spacial score (nSPS) is 10.8. The molecule has 0 aromatic heterocycles. The first-order valence-electron chi connectivity index (χ1n) is 5.92. The van der Waals surface area contributed by atoms with Gasteiger partial charge in [0.15, 0.2) is 0 Å². The van der Waals surface area contributed by atoms with Gasteiger partial charge >= 0.3 is 0 Å². The molecule has 0 aliphatic rings. The molecule has 0 heterocycles. The molecule has 0 spiro atoms. The summed E-state index contributed by atoms with van der Waals surface area (Å²) in [5.74, 6) is -0.684. The SMILES string of the molecule is CC(C)COCCNC(=O)c1cc(F)c(Cl)cc1Cl. The maximum atomic E-state index is 13.3. The first kappa shape index (κ1) is 16.2. The monoisotopic (exact) mass is 307 g/mol. The lowest BCUT2D eigenvalue weighted by molar-refractivity contribution is 0.0886. The molecule has 19 heavy (non-hydrogen) atoms. The van der Waals surface area contributed by atoms with E-state index in [0.29, 0.717) is 25.7 Å². The van der Waals surface area contributed by atoms with Crippen molar-refractivity contribution in [3.05, 3.63) is 33.6 Å². The second kappa shape index (κ2) is 7.68. The van der Waals surface area contributed by atoms with Crippen LogP contribution < -0.4 is 5.32 Å². The van der Waals surface area contributed by atoms with Crippen LogP contribution >= 0.6 is 23.2 Å². The zero-order valence-electron chi connectivity index (χ0n) is 10.8. The number of carbonyl (C=O) groups excluding carboxylic acids is 1. The van der Waals surface area contributed by atoms with Crippen LogP contribution in [0.2, 0.25) is 10.0 Å². The number of hydrogen-bond acceptors (Lipinski definition) is 2. The average molecular weight is 308 g/mol. The van der Waals surface area contributed by atoms with Crippen LogP contribution in [-0.2, 0) is 4.74 Å². The number of nitrogens with one attached hydrogen (secondary N) is 1. The van der Waals surface area contributed by atoms with Gasteiger partial charge in [0.2, 0.25) is 0 Å². The minimum Gasteiger partial charge on any atom is -0.379 e. The van der Waals surface area contributed by atoms with Crippen LogP contribution in [0.15, 0.2) is 12.1 Å². The van der Waals surface area contributed by atoms with Gasteiger partial charge in [0.1, 0.15) is 5.82 Å². The maximum absolute atomic E-state index is 13.3. The molecule has 0 fully saturated rings. The highest BCUT2D eigenvalue weighted by Crippen LogP contribution is 2.24. The van der Waals surface area contributed by atoms with Gasteiger partial charge < -0.3 is 10.1 Å². The minimum atomic E-state index is -0.674. The van der Waals surface area contributed by atoms with Crippen LogP contribution in [0.25, 0.3) is 0 Å². The summed E-state index contributed by atoms with van der Waals surface area (Å²) in [6.07, 6.45) is 0. The Morgan fingerprint density at radius 3 is 2.68 bits per heavy atom. The van der Waals surface area contributed by atoms with Gasteiger partial charge in [0.05, 0.1) is 22.2 Å². The van der Waals surface area contributed by atoms with Crippen LogP contribution in [0, 0.1) is 11.7 Å². The van der Waals surface area contributed by atoms with Crippen molar-refractivity contribution >= 4 is 29.1 Å². The molecule has 6 heteroatoms. The third-order valence-corrected chi connectivity index (χ3v) is 2.84. The fourth-order valence-corrected chi connectivity index (χ4v) is 1.82. The van der Waals surface area contributed by atoms with Crippen LogP contribution in [0.5, 0.6) is 0 Å². The molecule has 106 valence electrons. The van der Waals surface area contributed by atoms with Crippen LogP contribution in [0.4, 0.5) is 4.39 Å². The number of benzene rings is 1. The van der Waals surface area contributed by atoms with E-state index in [1.165, 1.54) is 6.07 Å². The largest absolute Gasteiger partial charge is 0.379 e. The van der Waals surface area contributed by atoms with Crippen molar-refractivity contribution < 1.29 is 13.9 Å². The Bertz CT molecular complexity index is 453. The molecule has 1 aromatic carbocycles. The highest BCUT2D eigenvalue weighted by atomic mass is 35.5. The van der Waals surface area contributed by atoms with E-state index in [9.17, 15) is 9.18 Å². The van der Waals surface area contributed by atoms with E-state index in [-0.39, 0.29) is 15.6 Å². The molecule has 0 saturated carbocycles. The second-order valence-corrected chi connectivity index (χ2v) is 5.29. The van der Waals surface area contributed by atoms with Gasteiger partial charge in [-0.1, -0.05) is 37.0 Å². The van der Waals surface area contributed by atoms with Crippen molar-refractivity contribution in [1.29, 1.82) is 0 Å². The third kappa shape index (κ3) is 5.35. The number of halogens is 3. The molecule has 1 rings (SSSR count). The summed E-state index contributed by atoms with van der Waals surface area (Å²) < 4.78 is 18.6. The number of carbonyl (C=O) groups is 1. The van der Waals surface area contributed by atoms with Gasteiger partial charge in [-0.15, -0.1) is 0 Å². The molecule has 1 N–H and O–H groups in total. The van der Waals surface area contributed by atoms with E-state index >= 15 is 0 Å². The van der Waals surface area contributed by atoms with E-state index in [2.05, 4.69) is 5.32 Å². The van der Waals surface area contributed by atoms with Gasteiger partial charge in [0.25, 0.3) is 5.91 Å². The highest BCUT2D eigenvalue weighted by molar-refractivity contribution is 6.36. The van der Waals surface area contributed by atoms with Crippen LogP contribution in [0.1, 0.15) is 24.2 Å². The summed E-state index contributed by atoms with van der Waals surface area (Å²) in [6, 6.07) is 2.23. The zero-order chi connectivity index (χ0) is 14.4. The van der Waals surface area contributed by atoms with Gasteiger partial charge in [-0.05, 0) is 18.1 Å². The molecule has 0 aliphatic heterocycles. The number of ether oxygens (including phenoxy) is 1. The first-order chi connectivity index (χ1) is 8.91. The zero-order valence-corrected chi connectivity index (χ0v) is 12.3. The van der Waals surface area contributed by atoms with E-state index in [1.807, 2.05) is 13.8 Å². The van der Waals surface area contributed by atoms with Crippen molar-refractivity contribution in [2.75, 3.05) is 19.8 Å². The molecule has 0 bridgehead atoms. The lowest BCUT2D eigenvalue weighted by Crippen LogP contribution is -2.28. The lowest BCUT2D eigenvalue weighted by atomic mass is 10.2. The Kier molecular flexibility index (Phi) is 6.55. The molecule has 3 nitrogen and oxygen atoms in total. The Morgan fingerprint density at radius 1 is 1.37 bits per heavy atom. The molecule has 1 amide bonds. The Hall–Kier alpha value is -0.840. The molecule has 0 atom stereocenters. The second-order valence-electron chi connectivity index (χ2n) is 4.47. The predicted molar refractivity (Wildman–Crippen MR) is 74.4 cm³/mol. The molecule has 0 aliphatic carbocycles. The van der Waals surface area contributed by atoms with Crippen molar-refractivity contribution in [1.82, 2.24) is 5.32 Å². The van der Waals surface area contributed by atoms with Crippen LogP contribution in [0.3, 0.4) is 0 Å². The van der Waals surface area contributed by atoms with E-state index in [4.69, 9.17) is 27.9 Å². The number of rotatable bonds is 6. The summed E-state index contributed by atoms with van der Waals surface area (Å²) in [7, 11) is 0. The summed E-state index contributed by atoms with van der Waals surface area (Å²) in [5, 5.41) is 2.61. The van der Waals surface area contributed by atoms with Crippen LogP contribution in [-0.4, -0.2) is 25.7 Å². The standard InChI is InChI=1S/C13H16Cl2FNO2/c1-8(2)7-19-4-3-17-13(18)9-5-12(16)11(15)6-10(9)14/h5-6,8H,3-4,7H2,1-2H3,(H,17,18). The molecule has 0 radical (unpaired) electrons.